The van der Waals surface area contributed by atoms with E-state index >= 15 is 0 Å². The lowest BCUT2D eigenvalue weighted by Gasteiger charge is -2.35. The number of nitrogens with two attached hydrogens (primary N) is 1. The molecule has 1 fully saturated rings. The zero-order chi connectivity index (χ0) is 12.4. The molecule has 0 aromatic heterocycles. The van der Waals surface area contributed by atoms with Crippen LogP contribution in [-0.4, -0.2) is 30.2 Å². The number of anilines is 1. The molecule has 3 nitrogen and oxygen atoms in total. The maximum absolute atomic E-state index is 5.99. The van der Waals surface area contributed by atoms with Crippen molar-refractivity contribution >= 4 is 17.3 Å². The second kappa shape index (κ2) is 5.25. The molecule has 4 heteroatoms. The van der Waals surface area contributed by atoms with E-state index in [1.54, 1.807) is 0 Å². The van der Waals surface area contributed by atoms with Gasteiger partial charge in [-0.05, 0) is 37.6 Å². The third-order valence-corrected chi connectivity index (χ3v) is 3.23. The molecular formula is C13H19ClN2O. The topological polar surface area (TPSA) is 38.5 Å². The van der Waals surface area contributed by atoms with Gasteiger partial charge in [0.15, 0.2) is 0 Å². The summed E-state index contributed by atoms with van der Waals surface area (Å²) in [5, 5.41) is 0.739. The van der Waals surface area contributed by atoms with Crippen molar-refractivity contribution < 1.29 is 4.74 Å². The van der Waals surface area contributed by atoms with Gasteiger partial charge < -0.3 is 10.5 Å². The molecular weight excluding hydrogens is 236 g/mol. The monoisotopic (exact) mass is 254 g/mol. The Hall–Kier alpha value is -0.770. The highest BCUT2D eigenvalue weighted by Crippen LogP contribution is 2.21. The van der Waals surface area contributed by atoms with E-state index in [1.807, 2.05) is 18.2 Å². The van der Waals surface area contributed by atoms with Crippen molar-refractivity contribution in [3.05, 3.63) is 28.8 Å². The molecule has 2 unspecified atom stereocenters. The number of hydrogen-bond acceptors (Lipinski definition) is 3. The van der Waals surface area contributed by atoms with Crippen LogP contribution in [0.3, 0.4) is 0 Å². The highest BCUT2D eigenvalue weighted by atomic mass is 35.5. The van der Waals surface area contributed by atoms with E-state index in [9.17, 15) is 0 Å². The number of nitrogen functional groups attached to an aromatic ring is 1. The Bertz CT molecular complexity index is 387. The first-order valence-corrected chi connectivity index (χ1v) is 6.34. The van der Waals surface area contributed by atoms with Crippen LogP contribution in [0.4, 0.5) is 5.69 Å². The van der Waals surface area contributed by atoms with Gasteiger partial charge in [-0.3, -0.25) is 4.90 Å². The number of benzene rings is 1. The van der Waals surface area contributed by atoms with Crippen molar-refractivity contribution in [3.63, 3.8) is 0 Å². The molecule has 0 saturated carbocycles. The molecule has 1 aliphatic heterocycles. The van der Waals surface area contributed by atoms with Crippen molar-refractivity contribution in [3.8, 4) is 0 Å². The number of hydrogen-bond donors (Lipinski definition) is 1. The molecule has 1 aromatic carbocycles. The van der Waals surface area contributed by atoms with Gasteiger partial charge in [-0.1, -0.05) is 11.6 Å². The second-order valence-electron chi connectivity index (χ2n) is 4.79. The Balaban J connectivity index is 2.07. The predicted octanol–water partition coefficient (Wildman–Crippen LogP) is 2.53. The van der Waals surface area contributed by atoms with Gasteiger partial charge in [-0.25, -0.2) is 0 Å². The summed E-state index contributed by atoms with van der Waals surface area (Å²) in [4.78, 5) is 2.36. The van der Waals surface area contributed by atoms with Gasteiger partial charge >= 0.3 is 0 Å². The van der Waals surface area contributed by atoms with Gasteiger partial charge in [-0.15, -0.1) is 0 Å². The van der Waals surface area contributed by atoms with Gasteiger partial charge in [-0.2, -0.15) is 0 Å². The first kappa shape index (κ1) is 12.7. The molecule has 1 aromatic rings. The van der Waals surface area contributed by atoms with Crippen molar-refractivity contribution in [2.75, 3.05) is 18.8 Å². The Morgan fingerprint density at radius 1 is 1.35 bits per heavy atom. The maximum Gasteiger partial charge on any atom is 0.0678 e. The minimum atomic E-state index is 0.277. The first-order valence-electron chi connectivity index (χ1n) is 5.96. The molecule has 2 atom stereocenters. The lowest BCUT2D eigenvalue weighted by atomic mass is 10.1. The summed E-state index contributed by atoms with van der Waals surface area (Å²) in [5.41, 5.74) is 7.86. The van der Waals surface area contributed by atoms with Crippen LogP contribution in [0.5, 0.6) is 0 Å². The summed E-state index contributed by atoms with van der Waals surface area (Å²) in [6.07, 6.45) is 0.554. The van der Waals surface area contributed by atoms with Crippen LogP contribution in [0.2, 0.25) is 5.02 Å². The van der Waals surface area contributed by atoms with Crippen LogP contribution in [0, 0.1) is 0 Å². The van der Waals surface area contributed by atoms with Crippen LogP contribution in [-0.2, 0) is 11.3 Å². The average molecular weight is 255 g/mol. The Morgan fingerprint density at radius 2 is 2.00 bits per heavy atom. The predicted molar refractivity (Wildman–Crippen MR) is 71.2 cm³/mol. The van der Waals surface area contributed by atoms with E-state index in [0.717, 1.165) is 35.9 Å². The van der Waals surface area contributed by atoms with E-state index in [0.29, 0.717) is 0 Å². The summed E-state index contributed by atoms with van der Waals surface area (Å²) in [7, 11) is 0. The third kappa shape index (κ3) is 3.35. The smallest absolute Gasteiger partial charge is 0.0678 e. The molecule has 17 heavy (non-hydrogen) atoms. The van der Waals surface area contributed by atoms with Gasteiger partial charge in [0.1, 0.15) is 0 Å². The number of nitrogens with zero attached hydrogens (tertiary/aromatic N) is 1. The molecule has 0 aliphatic carbocycles. The van der Waals surface area contributed by atoms with Crippen LogP contribution >= 0.6 is 11.6 Å². The highest BCUT2D eigenvalue weighted by molar-refractivity contribution is 6.30. The summed E-state index contributed by atoms with van der Waals surface area (Å²) >= 11 is 5.99. The largest absolute Gasteiger partial charge is 0.398 e. The fourth-order valence-corrected chi connectivity index (χ4v) is 2.56. The molecule has 94 valence electrons. The Morgan fingerprint density at radius 3 is 2.65 bits per heavy atom. The standard InChI is InChI=1S/C13H19ClN2O/c1-9-6-16(7-10(2)17-9)8-11-5-12(14)3-4-13(11)15/h3-5,9-10H,6-8,15H2,1-2H3. The van der Waals surface area contributed by atoms with Crippen molar-refractivity contribution in [1.29, 1.82) is 0 Å². The molecule has 1 saturated heterocycles. The van der Waals surface area contributed by atoms with E-state index in [1.165, 1.54) is 0 Å². The van der Waals surface area contributed by atoms with E-state index in [4.69, 9.17) is 22.1 Å². The van der Waals surface area contributed by atoms with Crippen molar-refractivity contribution in [1.82, 2.24) is 4.90 Å². The molecule has 2 N–H and O–H groups in total. The second-order valence-corrected chi connectivity index (χ2v) is 5.23. The number of rotatable bonds is 2. The SMILES string of the molecule is CC1CN(Cc2cc(Cl)ccc2N)CC(C)O1. The summed E-state index contributed by atoms with van der Waals surface area (Å²) in [6.45, 7) is 6.92. The van der Waals surface area contributed by atoms with E-state index < -0.39 is 0 Å². The van der Waals surface area contributed by atoms with Gasteiger partial charge in [0, 0.05) is 30.3 Å². The maximum atomic E-state index is 5.99. The summed E-state index contributed by atoms with van der Waals surface area (Å²) < 4.78 is 5.71. The first-order chi connectivity index (χ1) is 8.04. The molecule has 0 radical (unpaired) electrons. The quantitative estimate of drug-likeness (QED) is 0.825. The van der Waals surface area contributed by atoms with Crippen LogP contribution in [0.15, 0.2) is 18.2 Å². The average Bonchev–Trinajstić information content (AvgIpc) is 2.22. The zero-order valence-corrected chi connectivity index (χ0v) is 11.1. The fourth-order valence-electron chi connectivity index (χ4n) is 2.37. The van der Waals surface area contributed by atoms with Gasteiger partial charge in [0.05, 0.1) is 12.2 Å². The minimum absolute atomic E-state index is 0.277. The molecule has 1 aliphatic rings. The highest BCUT2D eigenvalue weighted by Gasteiger charge is 2.22. The zero-order valence-electron chi connectivity index (χ0n) is 10.3. The van der Waals surface area contributed by atoms with Crippen LogP contribution in [0.25, 0.3) is 0 Å². The number of morpholine rings is 1. The van der Waals surface area contributed by atoms with Crippen LogP contribution < -0.4 is 5.73 Å². The van der Waals surface area contributed by atoms with Crippen molar-refractivity contribution in [2.45, 2.75) is 32.6 Å². The molecule has 0 amide bonds. The molecule has 1 heterocycles. The number of halogens is 1. The Labute approximate surface area is 107 Å². The van der Waals surface area contributed by atoms with Gasteiger partial charge in [0.25, 0.3) is 0 Å². The number of ether oxygens (including phenoxy) is 1. The minimum Gasteiger partial charge on any atom is -0.398 e. The Kier molecular flexibility index (Phi) is 3.92. The fraction of sp³-hybridized carbons (Fsp3) is 0.538. The summed E-state index contributed by atoms with van der Waals surface area (Å²) in [6, 6.07) is 5.64. The lowest BCUT2D eigenvalue weighted by molar-refractivity contribution is -0.0704. The summed E-state index contributed by atoms with van der Waals surface area (Å²) in [5.74, 6) is 0. The molecule has 0 spiro atoms. The third-order valence-electron chi connectivity index (χ3n) is 2.99. The normalized spacial score (nSPS) is 26.1. The van der Waals surface area contributed by atoms with Crippen molar-refractivity contribution in [2.24, 2.45) is 0 Å². The van der Waals surface area contributed by atoms with Gasteiger partial charge in [0.2, 0.25) is 0 Å². The van der Waals surface area contributed by atoms with E-state index in [-0.39, 0.29) is 12.2 Å². The molecule has 0 bridgehead atoms. The van der Waals surface area contributed by atoms with E-state index in [2.05, 4.69) is 18.7 Å². The molecule has 2 rings (SSSR count). The van der Waals surface area contributed by atoms with Crippen LogP contribution in [0.1, 0.15) is 19.4 Å². The lowest BCUT2D eigenvalue weighted by Crippen LogP contribution is -2.44.